The summed E-state index contributed by atoms with van der Waals surface area (Å²) in [5.74, 6) is 0.248. The third-order valence-corrected chi connectivity index (χ3v) is 4.30. The van der Waals surface area contributed by atoms with Gasteiger partial charge in [-0.05, 0) is 49.2 Å². The SMILES string of the molecule is N=C(N)c1cccc(OCC(=O)Nc2ccc(N3CCCCC3=O)cc2)c1. The maximum absolute atomic E-state index is 12.1. The van der Waals surface area contributed by atoms with E-state index in [1.54, 1.807) is 41.3 Å². The van der Waals surface area contributed by atoms with Crippen LogP contribution in [-0.2, 0) is 9.59 Å². The molecule has 0 atom stereocenters. The number of carbonyl (C=O) groups is 2. The van der Waals surface area contributed by atoms with Gasteiger partial charge in [-0.15, -0.1) is 0 Å². The first-order valence-electron chi connectivity index (χ1n) is 8.80. The Morgan fingerprint density at radius 1 is 1.19 bits per heavy atom. The predicted octanol–water partition coefficient (Wildman–Crippen LogP) is 2.51. The number of benzene rings is 2. The average molecular weight is 366 g/mol. The van der Waals surface area contributed by atoms with Crippen molar-refractivity contribution in [1.29, 1.82) is 5.41 Å². The lowest BCUT2D eigenvalue weighted by molar-refractivity contribution is -0.119. The second-order valence-electron chi connectivity index (χ2n) is 6.33. The molecule has 1 aliphatic rings. The van der Waals surface area contributed by atoms with E-state index in [0.29, 0.717) is 23.4 Å². The van der Waals surface area contributed by atoms with Gasteiger partial charge in [0, 0.05) is 29.9 Å². The lowest BCUT2D eigenvalue weighted by Crippen LogP contribution is -2.35. The Bertz CT molecular complexity index is 849. The molecule has 2 amide bonds. The minimum atomic E-state index is -0.301. The lowest BCUT2D eigenvalue weighted by Gasteiger charge is -2.26. The van der Waals surface area contributed by atoms with E-state index in [-0.39, 0.29) is 24.3 Å². The lowest BCUT2D eigenvalue weighted by atomic mass is 10.1. The molecule has 0 saturated carbocycles. The number of rotatable bonds is 6. The Morgan fingerprint density at radius 3 is 2.67 bits per heavy atom. The van der Waals surface area contributed by atoms with E-state index in [4.69, 9.17) is 15.9 Å². The van der Waals surface area contributed by atoms with Gasteiger partial charge in [0.15, 0.2) is 6.61 Å². The molecule has 3 rings (SSSR count). The van der Waals surface area contributed by atoms with Crippen molar-refractivity contribution in [3.05, 3.63) is 54.1 Å². The molecule has 1 fully saturated rings. The van der Waals surface area contributed by atoms with Crippen molar-refractivity contribution in [3.63, 3.8) is 0 Å². The highest BCUT2D eigenvalue weighted by atomic mass is 16.5. The van der Waals surface area contributed by atoms with Crippen molar-refractivity contribution in [1.82, 2.24) is 0 Å². The van der Waals surface area contributed by atoms with Crippen molar-refractivity contribution in [3.8, 4) is 5.75 Å². The number of hydrogen-bond acceptors (Lipinski definition) is 4. The molecule has 0 aromatic heterocycles. The van der Waals surface area contributed by atoms with Crippen LogP contribution in [0.1, 0.15) is 24.8 Å². The zero-order valence-corrected chi connectivity index (χ0v) is 14.9. The summed E-state index contributed by atoms with van der Waals surface area (Å²) in [6.07, 6.45) is 2.53. The second kappa shape index (κ2) is 8.35. The maximum Gasteiger partial charge on any atom is 0.262 e. The molecule has 2 aromatic rings. The summed E-state index contributed by atoms with van der Waals surface area (Å²) in [7, 11) is 0. The highest BCUT2D eigenvalue weighted by Gasteiger charge is 2.19. The molecule has 1 heterocycles. The Labute approximate surface area is 157 Å². The number of nitrogens with two attached hydrogens (primary N) is 1. The Balaban J connectivity index is 1.54. The van der Waals surface area contributed by atoms with Crippen molar-refractivity contribution in [2.45, 2.75) is 19.3 Å². The third kappa shape index (κ3) is 4.84. The Morgan fingerprint density at radius 2 is 1.96 bits per heavy atom. The maximum atomic E-state index is 12.1. The van der Waals surface area contributed by atoms with E-state index < -0.39 is 0 Å². The molecule has 2 aromatic carbocycles. The normalized spacial score (nSPS) is 13.9. The summed E-state index contributed by atoms with van der Waals surface area (Å²) in [6, 6.07) is 13.9. The fourth-order valence-electron chi connectivity index (χ4n) is 2.90. The number of anilines is 2. The first-order valence-corrected chi connectivity index (χ1v) is 8.80. The molecule has 0 bridgehead atoms. The molecular formula is C20H22N4O3. The molecule has 0 spiro atoms. The molecule has 1 saturated heterocycles. The van der Waals surface area contributed by atoms with Crippen molar-refractivity contribution in [2.24, 2.45) is 5.73 Å². The molecule has 7 nitrogen and oxygen atoms in total. The van der Waals surface area contributed by atoms with Gasteiger partial charge in [-0.1, -0.05) is 12.1 Å². The van der Waals surface area contributed by atoms with Crippen LogP contribution in [0.2, 0.25) is 0 Å². The van der Waals surface area contributed by atoms with E-state index >= 15 is 0 Å². The summed E-state index contributed by atoms with van der Waals surface area (Å²) in [6.45, 7) is 0.575. The van der Waals surface area contributed by atoms with Crippen molar-refractivity contribution in [2.75, 3.05) is 23.4 Å². The number of ether oxygens (including phenoxy) is 1. The first kappa shape index (κ1) is 18.4. The van der Waals surface area contributed by atoms with Crippen LogP contribution in [0.25, 0.3) is 0 Å². The zero-order chi connectivity index (χ0) is 19.2. The van der Waals surface area contributed by atoms with Crippen LogP contribution < -0.4 is 20.7 Å². The fourth-order valence-corrected chi connectivity index (χ4v) is 2.90. The third-order valence-electron chi connectivity index (χ3n) is 4.30. The number of amidine groups is 1. The van der Waals surface area contributed by atoms with E-state index in [1.807, 2.05) is 12.1 Å². The number of piperidine rings is 1. The van der Waals surface area contributed by atoms with Gasteiger partial charge in [-0.25, -0.2) is 0 Å². The highest BCUT2D eigenvalue weighted by molar-refractivity contribution is 5.96. The summed E-state index contributed by atoms with van der Waals surface area (Å²) < 4.78 is 5.45. The van der Waals surface area contributed by atoms with Crippen LogP contribution in [0.15, 0.2) is 48.5 Å². The fraction of sp³-hybridized carbons (Fsp3) is 0.250. The van der Waals surface area contributed by atoms with Crippen LogP contribution in [0.4, 0.5) is 11.4 Å². The predicted molar refractivity (Wildman–Crippen MR) is 104 cm³/mol. The molecular weight excluding hydrogens is 344 g/mol. The van der Waals surface area contributed by atoms with Crippen LogP contribution in [0, 0.1) is 5.41 Å². The largest absolute Gasteiger partial charge is 0.484 e. The number of amides is 2. The topological polar surface area (TPSA) is 109 Å². The summed E-state index contributed by atoms with van der Waals surface area (Å²) in [4.78, 5) is 25.8. The standard InChI is InChI=1S/C20H22N4O3/c21-20(22)14-4-3-5-17(12-14)27-13-18(25)23-15-7-9-16(10-8-15)24-11-2-1-6-19(24)26/h3-5,7-10,12H,1-2,6,11,13H2,(H3,21,22)(H,23,25). The molecule has 7 heteroatoms. The van der Waals surface area contributed by atoms with Gasteiger partial charge < -0.3 is 20.7 Å². The Kier molecular flexibility index (Phi) is 5.71. The quantitative estimate of drug-likeness (QED) is 0.539. The van der Waals surface area contributed by atoms with Gasteiger partial charge in [0.1, 0.15) is 11.6 Å². The summed E-state index contributed by atoms with van der Waals surface area (Å²) >= 11 is 0. The van der Waals surface area contributed by atoms with Crippen LogP contribution >= 0.6 is 0 Å². The number of nitrogen functional groups attached to an aromatic ring is 1. The minimum Gasteiger partial charge on any atom is -0.484 e. The molecule has 0 radical (unpaired) electrons. The number of hydrogen-bond donors (Lipinski definition) is 3. The first-order chi connectivity index (χ1) is 13.0. The zero-order valence-electron chi connectivity index (χ0n) is 14.9. The summed E-state index contributed by atoms with van der Waals surface area (Å²) in [5.41, 5.74) is 7.45. The van der Waals surface area contributed by atoms with Gasteiger partial charge in [0.25, 0.3) is 5.91 Å². The minimum absolute atomic E-state index is 0.0582. The number of carbonyl (C=O) groups excluding carboxylic acids is 2. The van der Waals surface area contributed by atoms with Gasteiger partial charge >= 0.3 is 0 Å². The van der Waals surface area contributed by atoms with Crippen molar-refractivity contribution < 1.29 is 14.3 Å². The van der Waals surface area contributed by atoms with E-state index in [0.717, 1.165) is 25.1 Å². The smallest absolute Gasteiger partial charge is 0.262 e. The molecule has 27 heavy (non-hydrogen) atoms. The average Bonchev–Trinajstić information content (AvgIpc) is 2.68. The van der Waals surface area contributed by atoms with Crippen LogP contribution in [0.5, 0.6) is 5.75 Å². The second-order valence-corrected chi connectivity index (χ2v) is 6.33. The van der Waals surface area contributed by atoms with Gasteiger partial charge in [-0.3, -0.25) is 15.0 Å². The van der Waals surface area contributed by atoms with Crippen LogP contribution in [-0.4, -0.2) is 30.8 Å². The van der Waals surface area contributed by atoms with Crippen LogP contribution in [0.3, 0.4) is 0 Å². The number of nitrogens with one attached hydrogen (secondary N) is 2. The van der Waals surface area contributed by atoms with Gasteiger partial charge in [0.05, 0.1) is 0 Å². The number of nitrogens with zero attached hydrogens (tertiary/aromatic N) is 1. The molecule has 4 N–H and O–H groups in total. The molecule has 1 aliphatic heterocycles. The van der Waals surface area contributed by atoms with E-state index in [2.05, 4.69) is 5.32 Å². The van der Waals surface area contributed by atoms with E-state index in [1.165, 1.54) is 0 Å². The summed E-state index contributed by atoms with van der Waals surface area (Å²) in [5, 5.41) is 10.2. The van der Waals surface area contributed by atoms with Crippen molar-refractivity contribution >= 4 is 29.0 Å². The highest BCUT2D eigenvalue weighted by Crippen LogP contribution is 2.22. The van der Waals surface area contributed by atoms with Gasteiger partial charge in [-0.2, -0.15) is 0 Å². The van der Waals surface area contributed by atoms with Gasteiger partial charge in [0.2, 0.25) is 5.91 Å². The Hall–Kier alpha value is -3.35. The molecule has 0 unspecified atom stereocenters. The molecule has 140 valence electrons. The van der Waals surface area contributed by atoms with E-state index in [9.17, 15) is 9.59 Å². The monoisotopic (exact) mass is 366 g/mol. The molecule has 0 aliphatic carbocycles.